The van der Waals surface area contributed by atoms with Crippen LogP contribution in [0.25, 0.3) is 11.3 Å². The van der Waals surface area contributed by atoms with Crippen LogP contribution in [0.2, 0.25) is 0 Å². The van der Waals surface area contributed by atoms with Gasteiger partial charge in [-0.15, -0.1) is 10.2 Å². The molecule has 5 nitrogen and oxygen atoms in total. The van der Waals surface area contributed by atoms with Crippen LogP contribution >= 0.6 is 11.8 Å². The van der Waals surface area contributed by atoms with Crippen molar-refractivity contribution in [3.63, 3.8) is 0 Å². The molecule has 0 amide bonds. The molecule has 1 aromatic heterocycles. The number of hydrogen-bond donors (Lipinski definition) is 1. The fourth-order valence-corrected chi connectivity index (χ4v) is 3.70. The first-order valence-corrected chi connectivity index (χ1v) is 9.88. The van der Waals surface area contributed by atoms with E-state index < -0.39 is 6.23 Å². The van der Waals surface area contributed by atoms with Gasteiger partial charge in [-0.2, -0.15) is 4.98 Å². The maximum atomic E-state index is 13.7. The molecule has 2 heterocycles. The summed E-state index contributed by atoms with van der Waals surface area (Å²) < 4.78 is 19.9. The average molecular weight is 382 g/mol. The summed E-state index contributed by atoms with van der Waals surface area (Å²) in [6.45, 7) is 2.14. The monoisotopic (exact) mass is 382 g/mol. The minimum absolute atomic E-state index is 0.313. The number of fused-ring (bicyclic) bond motifs is 3. The van der Waals surface area contributed by atoms with Crippen molar-refractivity contribution >= 4 is 17.4 Å². The van der Waals surface area contributed by atoms with Crippen LogP contribution in [-0.4, -0.2) is 20.9 Å². The predicted octanol–water partition coefficient (Wildman–Crippen LogP) is 5.07. The fraction of sp³-hybridized carbons (Fsp3) is 0.250. The summed E-state index contributed by atoms with van der Waals surface area (Å²) in [5.74, 6) is 1.02. The first kappa shape index (κ1) is 17.7. The lowest BCUT2D eigenvalue weighted by atomic mass is 10.1. The van der Waals surface area contributed by atoms with Crippen LogP contribution in [0, 0.1) is 5.82 Å². The van der Waals surface area contributed by atoms with Gasteiger partial charge in [-0.3, -0.25) is 0 Å². The molecule has 7 heteroatoms. The molecule has 1 aliphatic heterocycles. The quantitative estimate of drug-likeness (QED) is 0.491. The molecule has 1 atom stereocenters. The Morgan fingerprint density at radius 2 is 2.04 bits per heavy atom. The van der Waals surface area contributed by atoms with Gasteiger partial charge in [0.05, 0.1) is 0 Å². The number of nitrogens with one attached hydrogen (secondary N) is 1. The molecule has 138 valence electrons. The van der Waals surface area contributed by atoms with Gasteiger partial charge >= 0.3 is 0 Å². The molecular formula is C20H19FN4OS. The van der Waals surface area contributed by atoms with Crippen LogP contribution in [0.4, 0.5) is 10.1 Å². The minimum atomic E-state index is -0.576. The number of ether oxygens (including phenoxy) is 1. The molecule has 0 bridgehead atoms. The Balaban J connectivity index is 1.74. The largest absolute Gasteiger partial charge is 0.448 e. The summed E-state index contributed by atoms with van der Waals surface area (Å²) in [5, 5.41) is 12.5. The second-order valence-electron chi connectivity index (χ2n) is 6.19. The van der Waals surface area contributed by atoms with E-state index >= 15 is 0 Å². The van der Waals surface area contributed by atoms with E-state index in [2.05, 4.69) is 27.4 Å². The molecule has 1 N–H and O–H groups in total. The molecule has 2 aromatic carbocycles. The maximum Gasteiger partial charge on any atom is 0.247 e. The molecule has 0 saturated carbocycles. The molecule has 3 aromatic rings. The lowest BCUT2D eigenvalue weighted by Crippen LogP contribution is -2.17. The van der Waals surface area contributed by atoms with Crippen LogP contribution in [0.3, 0.4) is 0 Å². The maximum absolute atomic E-state index is 13.7. The van der Waals surface area contributed by atoms with Crippen molar-refractivity contribution in [2.75, 3.05) is 11.1 Å². The number of halogens is 1. The number of hydrogen-bond acceptors (Lipinski definition) is 6. The summed E-state index contributed by atoms with van der Waals surface area (Å²) in [7, 11) is 0. The lowest BCUT2D eigenvalue weighted by Gasteiger charge is -2.19. The third-order valence-electron chi connectivity index (χ3n) is 4.21. The highest BCUT2D eigenvalue weighted by Crippen LogP contribution is 2.39. The van der Waals surface area contributed by atoms with Crippen molar-refractivity contribution in [3.05, 3.63) is 59.9 Å². The Bertz CT molecular complexity index is 953. The first-order valence-electron chi connectivity index (χ1n) is 8.90. The van der Waals surface area contributed by atoms with E-state index in [0.717, 1.165) is 29.8 Å². The second-order valence-corrected chi connectivity index (χ2v) is 7.26. The normalized spacial score (nSPS) is 15.1. The van der Waals surface area contributed by atoms with Gasteiger partial charge in [-0.05, 0) is 24.6 Å². The molecular weight excluding hydrogens is 363 g/mol. The summed E-state index contributed by atoms with van der Waals surface area (Å²) >= 11 is 1.56. The molecule has 0 fully saturated rings. The van der Waals surface area contributed by atoms with Crippen LogP contribution in [0.15, 0.2) is 53.7 Å². The number of thioether (sulfide) groups is 1. The van der Waals surface area contributed by atoms with E-state index in [-0.39, 0.29) is 5.82 Å². The number of aromatic nitrogens is 3. The molecule has 0 spiro atoms. The summed E-state index contributed by atoms with van der Waals surface area (Å²) in [6, 6.07) is 14.1. The Labute approximate surface area is 161 Å². The van der Waals surface area contributed by atoms with Crippen molar-refractivity contribution < 1.29 is 9.13 Å². The van der Waals surface area contributed by atoms with E-state index in [0.29, 0.717) is 22.3 Å². The molecule has 1 aliphatic rings. The van der Waals surface area contributed by atoms with Gasteiger partial charge < -0.3 is 10.1 Å². The van der Waals surface area contributed by atoms with E-state index in [1.807, 2.05) is 30.3 Å². The summed E-state index contributed by atoms with van der Waals surface area (Å²) in [5.41, 5.74) is 2.96. The molecule has 4 rings (SSSR count). The van der Waals surface area contributed by atoms with Crippen molar-refractivity contribution in [2.24, 2.45) is 0 Å². The number of unbranched alkanes of at least 4 members (excludes halogenated alkanes) is 1. The van der Waals surface area contributed by atoms with E-state index in [1.165, 1.54) is 12.1 Å². The number of rotatable bonds is 5. The van der Waals surface area contributed by atoms with Gasteiger partial charge in [-0.25, -0.2) is 4.39 Å². The van der Waals surface area contributed by atoms with Gasteiger partial charge in [0, 0.05) is 22.6 Å². The zero-order valence-electron chi connectivity index (χ0n) is 14.9. The van der Waals surface area contributed by atoms with Gasteiger partial charge in [0.25, 0.3) is 0 Å². The standard InChI is InChI=1S/C20H19FN4OS/c1-2-3-11-27-20-23-19-17(24-25-20)15-9-4-5-10-16(15)22-18(26-19)13-7-6-8-14(21)12-13/h4-10,12,18,22H,2-3,11H2,1H3/t18-/m1/s1. The Morgan fingerprint density at radius 1 is 1.15 bits per heavy atom. The van der Waals surface area contributed by atoms with Crippen LogP contribution < -0.4 is 10.1 Å². The van der Waals surface area contributed by atoms with Gasteiger partial charge in [0.15, 0.2) is 11.9 Å². The summed E-state index contributed by atoms with van der Waals surface area (Å²) in [4.78, 5) is 4.58. The minimum Gasteiger partial charge on any atom is -0.448 e. The zero-order chi connectivity index (χ0) is 18.6. The van der Waals surface area contributed by atoms with Crippen molar-refractivity contribution in [1.29, 1.82) is 0 Å². The van der Waals surface area contributed by atoms with Gasteiger partial charge in [0.2, 0.25) is 11.0 Å². The highest BCUT2D eigenvalue weighted by molar-refractivity contribution is 7.99. The number of anilines is 1. The zero-order valence-corrected chi connectivity index (χ0v) is 15.7. The number of benzene rings is 2. The topological polar surface area (TPSA) is 59.9 Å². The van der Waals surface area contributed by atoms with Crippen LogP contribution in [0.5, 0.6) is 5.88 Å². The van der Waals surface area contributed by atoms with Crippen LogP contribution in [0.1, 0.15) is 31.6 Å². The molecule has 0 radical (unpaired) electrons. The van der Waals surface area contributed by atoms with Gasteiger partial charge in [-0.1, -0.05) is 55.4 Å². The Kier molecular flexibility index (Phi) is 5.20. The highest BCUT2D eigenvalue weighted by atomic mass is 32.2. The van der Waals surface area contributed by atoms with Gasteiger partial charge in [0.1, 0.15) is 5.82 Å². The summed E-state index contributed by atoms with van der Waals surface area (Å²) in [6.07, 6.45) is 1.62. The van der Waals surface area contributed by atoms with E-state index in [4.69, 9.17) is 4.74 Å². The smallest absolute Gasteiger partial charge is 0.247 e. The SMILES string of the molecule is CCCCSc1nnc2c(n1)O[C@H](c1cccc(F)c1)Nc1ccccc1-2. The molecule has 0 unspecified atom stereocenters. The Hall–Kier alpha value is -2.67. The second kappa shape index (κ2) is 7.92. The lowest BCUT2D eigenvalue weighted by molar-refractivity contribution is 0.225. The van der Waals surface area contributed by atoms with Crippen molar-refractivity contribution in [3.8, 4) is 17.1 Å². The molecule has 0 aliphatic carbocycles. The third-order valence-corrected chi connectivity index (χ3v) is 5.14. The third kappa shape index (κ3) is 3.88. The van der Waals surface area contributed by atoms with E-state index in [9.17, 15) is 4.39 Å². The predicted molar refractivity (Wildman–Crippen MR) is 104 cm³/mol. The van der Waals surface area contributed by atoms with Crippen molar-refractivity contribution in [1.82, 2.24) is 15.2 Å². The van der Waals surface area contributed by atoms with E-state index in [1.54, 1.807) is 17.8 Å². The Morgan fingerprint density at radius 3 is 2.89 bits per heavy atom. The number of para-hydroxylation sites is 1. The first-order chi connectivity index (χ1) is 13.2. The number of nitrogens with zero attached hydrogens (tertiary/aromatic N) is 3. The fourth-order valence-electron chi connectivity index (χ4n) is 2.84. The van der Waals surface area contributed by atoms with Crippen molar-refractivity contribution in [2.45, 2.75) is 31.1 Å². The highest BCUT2D eigenvalue weighted by Gasteiger charge is 2.26. The van der Waals surface area contributed by atoms with Crippen LogP contribution in [-0.2, 0) is 0 Å². The molecule has 27 heavy (non-hydrogen) atoms. The average Bonchev–Trinajstić information content (AvgIpc) is 2.85. The molecule has 0 saturated heterocycles.